The lowest BCUT2D eigenvalue weighted by Crippen LogP contribution is -2.40. The van der Waals surface area contributed by atoms with E-state index in [0.29, 0.717) is 0 Å². The van der Waals surface area contributed by atoms with Crippen LogP contribution in [0.2, 0.25) is 0 Å². The third-order valence-electron chi connectivity index (χ3n) is 0.248. The van der Waals surface area contributed by atoms with Crippen molar-refractivity contribution in [2.75, 3.05) is 0 Å². The molecule has 0 fully saturated rings. The van der Waals surface area contributed by atoms with Gasteiger partial charge in [-0.1, -0.05) is 0 Å². The number of carbonyl (C=O) groups is 1. The topological polar surface area (TPSA) is 67.2 Å². The van der Waals surface area contributed by atoms with Crippen LogP contribution in [0.25, 0.3) is 0 Å². The summed E-state index contributed by atoms with van der Waals surface area (Å²) in [4.78, 5) is 9.79. The Hall–Kier alpha value is -0.610. The van der Waals surface area contributed by atoms with Crippen LogP contribution >= 0.6 is 0 Å². The number of carbonyl (C=O) groups excluding carboxylic acids is 1. The van der Waals surface area contributed by atoms with Crippen LogP contribution in [0.5, 0.6) is 0 Å². The Morgan fingerprint density at radius 1 is 1.83 bits per heavy atom. The van der Waals surface area contributed by atoms with Gasteiger partial charge < -0.3 is 0 Å². The van der Waals surface area contributed by atoms with Gasteiger partial charge in [-0.2, -0.15) is 5.53 Å². The number of hydrogen-bond donors (Lipinski definition) is 3. The van der Waals surface area contributed by atoms with Gasteiger partial charge in [0.15, 0.2) is 0 Å². The number of hydrazine groups is 2. The summed E-state index contributed by atoms with van der Waals surface area (Å²) < 4.78 is 0. The van der Waals surface area contributed by atoms with Crippen molar-refractivity contribution in [2.24, 2.45) is 5.84 Å². The molecule has 0 rings (SSSR count). The molecule has 0 bridgehead atoms. The van der Waals surface area contributed by atoms with E-state index in [-0.39, 0.29) is 5.91 Å². The highest BCUT2D eigenvalue weighted by Gasteiger charge is 1.78. The molecule has 4 nitrogen and oxygen atoms in total. The van der Waals surface area contributed by atoms with Gasteiger partial charge >= 0.3 is 0 Å². The van der Waals surface area contributed by atoms with Crippen molar-refractivity contribution in [3.63, 3.8) is 0 Å². The van der Waals surface area contributed by atoms with Crippen LogP contribution in [0.15, 0.2) is 0 Å². The molecule has 4 heteroatoms. The molecule has 0 aliphatic heterocycles. The quantitative estimate of drug-likeness (QED) is 0.270. The van der Waals surface area contributed by atoms with Crippen molar-refractivity contribution < 1.29 is 4.79 Å². The van der Waals surface area contributed by atoms with E-state index >= 15 is 0 Å². The molecule has 1 amide bonds. The largest absolute Gasteiger partial charge is 0.278 e. The predicted molar refractivity (Wildman–Crippen MR) is 21.1 cm³/mol. The second kappa shape index (κ2) is 2.62. The lowest BCUT2D eigenvalue weighted by molar-refractivity contribution is -0.119. The molecule has 0 radical (unpaired) electrons. The van der Waals surface area contributed by atoms with Gasteiger partial charge in [-0.25, -0.2) is 0 Å². The third-order valence-corrected chi connectivity index (χ3v) is 0.248. The van der Waals surface area contributed by atoms with Gasteiger partial charge in [0, 0.05) is 6.92 Å². The first-order chi connectivity index (χ1) is 2.77. The van der Waals surface area contributed by atoms with Gasteiger partial charge in [-0.3, -0.25) is 16.1 Å². The van der Waals surface area contributed by atoms with Crippen molar-refractivity contribution in [2.45, 2.75) is 6.92 Å². The molecule has 0 aromatic carbocycles. The Morgan fingerprint density at radius 3 is 2.33 bits per heavy atom. The highest BCUT2D eigenvalue weighted by atomic mass is 16.2. The first-order valence-corrected chi connectivity index (χ1v) is 1.49. The molecule has 0 atom stereocenters. The second-order valence-corrected chi connectivity index (χ2v) is 0.826. The van der Waals surface area contributed by atoms with E-state index in [1.807, 2.05) is 5.53 Å². The minimum absolute atomic E-state index is 0.197. The average molecular weight is 89.1 g/mol. The van der Waals surface area contributed by atoms with Gasteiger partial charge in [-0.15, -0.1) is 0 Å². The Kier molecular flexibility index (Phi) is 2.35. The summed E-state index contributed by atoms with van der Waals surface area (Å²) in [6.45, 7) is 1.36. The van der Waals surface area contributed by atoms with Crippen LogP contribution in [0.3, 0.4) is 0 Å². The van der Waals surface area contributed by atoms with Gasteiger partial charge in [0.2, 0.25) is 5.91 Å². The van der Waals surface area contributed by atoms with Crippen LogP contribution < -0.4 is 16.8 Å². The number of hydrogen-bond acceptors (Lipinski definition) is 3. The van der Waals surface area contributed by atoms with Gasteiger partial charge in [0.05, 0.1) is 0 Å². The normalized spacial score (nSPS) is 7.67. The first kappa shape index (κ1) is 5.39. The Bertz CT molecular complexity index is 52.8. The maximum Gasteiger partial charge on any atom is 0.232 e. The van der Waals surface area contributed by atoms with Crippen molar-refractivity contribution in [3.05, 3.63) is 0 Å². The van der Waals surface area contributed by atoms with E-state index in [2.05, 4.69) is 11.3 Å². The summed E-state index contributed by atoms with van der Waals surface area (Å²) in [7, 11) is 0. The molecule has 0 spiro atoms. The van der Waals surface area contributed by atoms with Gasteiger partial charge in [-0.05, 0) is 0 Å². The van der Waals surface area contributed by atoms with Gasteiger partial charge in [0.25, 0.3) is 0 Å². The summed E-state index contributed by atoms with van der Waals surface area (Å²) in [5.74, 6) is 4.45. The number of nitrogens with two attached hydrogens (primary N) is 1. The molecule has 0 saturated heterocycles. The van der Waals surface area contributed by atoms with E-state index in [1.54, 1.807) is 0 Å². The average Bonchev–Trinajstić information content (AvgIpc) is 1.35. The lowest BCUT2D eigenvalue weighted by atomic mass is 10.8. The molecule has 0 unspecified atom stereocenters. The van der Waals surface area contributed by atoms with E-state index in [0.717, 1.165) is 0 Å². The monoisotopic (exact) mass is 89.1 g/mol. The van der Waals surface area contributed by atoms with Crippen molar-refractivity contribution >= 4 is 5.91 Å². The minimum Gasteiger partial charge on any atom is -0.278 e. The standard InChI is InChI=1S/C2H7N3O/c1-2(6)4-5-3/h5H,3H2,1H3,(H,4,6). The zero-order valence-corrected chi connectivity index (χ0v) is 3.49. The molecule has 6 heavy (non-hydrogen) atoms. The zero-order valence-electron chi connectivity index (χ0n) is 3.49. The summed E-state index contributed by atoms with van der Waals surface area (Å²) >= 11 is 0. The van der Waals surface area contributed by atoms with Crippen LogP contribution in [0, 0.1) is 0 Å². The molecular weight excluding hydrogens is 82.0 g/mol. The molecule has 36 valence electrons. The number of nitrogens with one attached hydrogen (secondary N) is 2. The predicted octanol–water partition coefficient (Wildman–Crippen LogP) is -1.50. The number of amides is 1. The lowest BCUT2D eigenvalue weighted by Gasteiger charge is -1.91. The van der Waals surface area contributed by atoms with E-state index in [1.165, 1.54) is 6.92 Å². The zero-order chi connectivity index (χ0) is 4.99. The maximum absolute atomic E-state index is 9.79. The summed E-state index contributed by atoms with van der Waals surface area (Å²) in [6, 6.07) is 0. The highest BCUT2D eigenvalue weighted by molar-refractivity contribution is 5.72. The van der Waals surface area contributed by atoms with Crippen molar-refractivity contribution in [1.82, 2.24) is 11.0 Å². The van der Waals surface area contributed by atoms with Crippen molar-refractivity contribution in [1.29, 1.82) is 0 Å². The Morgan fingerprint density at radius 2 is 2.33 bits per heavy atom. The van der Waals surface area contributed by atoms with Crippen LogP contribution in [0.4, 0.5) is 0 Å². The molecule has 4 N–H and O–H groups in total. The van der Waals surface area contributed by atoms with Gasteiger partial charge in [0.1, 0.15) is 0 Å². The van der Waals surface area contributed by atoms with E-state index in [4.69, 9.17) is 0 Å². The van der Waals surface area contributed by atoms with Crippen LogP contribution in [-0.4, -0.2) is 5.91 Å². The summed E-state index contributed by atoms with van der Waals surface area (Å²) in [5, 5.41) is 0. The molecule has 0 aliphatic rings. The number of rotatable bonds is 1. The fourth-order valence-electron chi connectivity index (χ4n) is 0.102. The first-order valence-electron chi connectivity index (χ1n) is 1.49. The summed E-state index contributed by atoms with van der Waals surface area (Å²) in [5.41, 5.74) is 4.06. The molecular formula is C2H7N3O. The second-order valence-electron chi connectivity index (χ2n) is 0.826. The SMILES string of the molecule is CC(=O)NNN. The maximum atomic E-state index is 9.79. The summed E-state index contributed by atoms with van der Waals surface area (Å²) in [6.07, 6.45) is 0. The fourth-order valence-corrected chi connectivity index (χ4v) is 0.102. The molecule has 0 saturated carbocycles. The highest BCUT2D eigenvalue weighted by Crippen LogP contribution is 1.44. The van der Waals surface area contributed by atoms with E-state index in [9.17, 15) is 4.79 Å². The van der Waals surface area contributed by atoms with Crippen LogP contribution in [-0.2, 0) is 4.79 Å². The van der Waals surface area contributed by atoms with Crippen LogP contribution in [0.1, 0.15) is 6.92 Å². The fraction of sp³-hybridized carbons (Fsp3) is 0.500. The molecule has 0 aromatic rings. The van der Waals surface area contributed by atoms with E-state index < -0.39 is 0 Å². The third kappa shape index (κ3) is 3.39. The molecule has 0 aliphatic carbocycles. The Labute approximate surface area is 35.6 Å². The molecule has 0 heterocycles. The minimum atomic E-state index is -0.197. The molecule has 0 aromatic heterocycles. The van der Waals surface area contributed by atoms with Crippen molar-refractivity contribution in [3.8, 4) is 0 Å². The Balaban J connectivity index is 2.83. The smallest absolute Gasteiger partial charge is 0.232 e.